The van der Waals surface area contributed by atoms with E-state index in [0.717, 1.165) is 12.0 Å². The number of hydrogen-bond donors (Lipinski definition) is 1. The predicted octanol–water partition coefficient (Wildman–Crippen LogP) is 5.58. The topological polar surface area (TPSA) is 80.0 Å². The van der Waals surface area contributed by atoms with Crippen molar-refractivity contribution >= 4 is 38.5 Å². The summed E-state index contributed by atoms with van der Waals surface area (Å²) in [5, 5.41) is 10.7. The first-order chi connectivity index (χ1) is 15.9. The third-order valence-electron chi connectivity index (χ3n) is 5.99. The quantitative estimate of drug-likeness (QED) is 0.391. The standard InChI is InChI=1S/C26H20BrNO5/c1-3-14-8-10-16(11-9-14)28-22(15-12-18(27)24(30)20(13-15)32-2)21-23(29)17-6-4-5-7-19(17)33-25(21)26(28)31/h4-13,22,30H,3H2,1-2H3. The molecule has 0 bridgehead atoms. The molecule has 1 N–H and O–H groups in total. The van der Waals surface area contributed by atoms with Crippen LogP contribution in [0.25, 0.3) is 11.0 Å². The molecule has 1 aliphatic rings. The van der Waals surface area contributed by atoms with Crippen LogP contribution in [-0.4, -0.2) is 18.1 Å². The highest BCUT2D eigenvalue weighted by molar-refractivity contribution is 9.10. The van der Waals surface area contributed by atoms with Gasteiger partial charge < -0.3 is 14.3 Å². The number of carbonyl (C=O) groups is 1. The number of halogens is 1. The summed E-state index contributed by atoms with van der Waals surface area (Å²) in [5.74, 6) is -0.210. The first kappa shape index (κ1) is 21.3. The molecule has 3 aromatic carbocycles. The van der Waals surface area contributed by atoms with E-state index in [1.807, 2.05) is 24.3 Å². The molecule has 1 aromatic heterocycles. The van der Waals surface area contributed by atoms with Crippen molar-refractivity contribution in [1.29, 1.82) is 0 Å². The second-order valence-corrected chi connectivity index (χ2v) is 8.68. The SMILES string of the molecule is CCc1ccc(N2C(=O)c3oc4ccccc4c(=O)c3C2c2cc(Br)c(O)c(OC)c2)cc1. The van der Waals surface area contributed by atoms with Crippen LogP contribution in [0.5, 0.6) is 11.5 Å². The Hall–Kier alpha value is -3.58. The number of fused-ring (bicyclic) bond motifs is 2. The van der Waals surface area contributed by atoms with Crippen molar-refractivity contribution in [2.45, 2.75) is 19.4 Å². The van der Waals surface area contributed by atoms with Gasteiger partial charge in [0.15, 0.2) is 16.9 Å². The summed E-state index contributed by atoms with van der Waals surface area (Å²) in [5.41, 5.74) is 2.74. The fourth-order valence-corrected chi connectivity index (χ4v) is 4.76. The van der Waals surface area contributed by atoms with E-state index in [4.69, 9.17) is 9.15 Å². The van der Waals surface area contributed by atoms with Crippen molar-refractivity contribution < 1.29 is 19.1 Å². The zero-order chi connectivity index (χ0) is 23.3. The molecule has 0 aliphatic carbocycles. The van der Waals surface area contributed by atoms with Crippen molar-refractivity contribution in [3.8, 4) is 11.5 Å². The molecule has 1 amide bonds. The van der Waals surface area contributed by atoms with Crippen molar-refractivity contribution in [1.82, 2.24) is 0 Å². The predicted molar refractivity (Wildman–Crippen MR) is 129 cm³/mol. The van der Waals surface area contributed by atoms with Gasteiger partial charge in [-0.2, -0.15) is 0 Å². The fraction of sp³-hybridized carbons (Fsp3) is 0.154. The van der Waals surface area contributed by atoms with Gasteiger partial charge in [0.05, 0.1) is 28.6 Å². The number of carbonyl (C=O) groups excluding carboxylic acids is 1. The molecular weight excluding hydrogens is 486 g/mol. The van der Waals surface area contributed by atoms with Gasteiger partial charge in [-0.15, -0.1) is 0 Å². The first-order valence-corrected chi connectivity index (χ1v) is 11.3. The Morgan fingerprint density at radius 2 is 1.82 bits per heavy atom. The van der Waals surface area contributed by atoms with Crippen LogP contribution in [-0.2, 0) is 6.42 Å². The number of nitrogens with zero attached hydrogens (tertiary/aromatic N) is 1. The Morgan fingerprint density at radius 1 is 1.09 bits per heavy atom. The van der Waals surface area contributed by atoms with Gasteiger partial charge in [0.25, 0.3) is 5.91 Å². The Labute approximate surface area is 198 Å². The lowest BCUT2D eigenvalue weighted by Gasteiger charge is -2.26. The fourth-order valence-electron chi connectivity index (χ4n) is 4.30. The number of rotatable bonds is 4. The van der Waals surface area contributed by atoms with Crippen molar-refractivity contribution in [3.63, 3.8) is 0 Å². The van der Waals surface area contributed by atoms with Gasteiger partial charge in [-0.1, -0.05) is 31.2 Å². The second kappa shape index (κ2) is 8.08. The number of phenols is 1. The van der Waals surface area contributed by atoms with Gasteiger partial charge in [0.1, 0.15) is 5.58 Å². The molecule has 5 rings (SSSR count). The van der Waals surface area contributed by atoms with Gasteiger partial charge in [-0.3, -0.25) is 14.5 Å². The van der Waals surface area contributed by atoms with Gasteiger partial charge >= 0.3 is 0 Å². The average molecular weight is 506 g/mol. The molecule has 33 heavy (non-hydrogen) atoms. The molecule has 0 spiro atoms. The van der Waals surface area contributed by atoms with E-state index in [1.165, 1.54) is 7.11 Å². The van der Waals surface area contributed by atoms with Gasteiger partial charge in [-0.25, -0.2) is 0 Å². The minimum Gasteiger partial charge on any atom is -0.503 e. The van der Waals surface area contributed by atoms with Crippen LogP contribution in [0.3, 0.4) is 0 Å². The molecule has 7 heteroatoms. The van der Waals surface area contributed by atoms with E-state index in [-0.39, 0.29) is 28.3 Å². The molecule has 1 unspecified atom stereocenters. The number of anilines is 1. The number of amides is 1. The lowest BCUT2D eigenvalue weighted by atomic mass is 9.97. The van der Waals surface area contributed by atoms with Crippen molar-refractivity contribution in [3.05, 3.63) is 97.8 Å². The third-order valence-corrected chi connectivity index (χ3v) is 6.59. The summed E-state index contributed by atoms with van der Waals surface area (Å²) >= 11 is 3.36. The Bertz CT molecular complexity index is 1460. The molecule has 1 aliphatic heterocycles. The molecule has 0 saturated carbocycles. The summed E-state index contributed by atoms with van der Waals surface area (Å²) in [4.78, 5) is 28.8. The molecule has 1 atom stereocenters. The zero-order valence-electron chi connectivity index (χ0n) is 18.0. The number of benzene rings is 3. The molecular formula is C26H20BrNO5. The maximum atomic E-state index is 13.6. The Kier molecular flexibility index (Phi) is 5.21. The lowest BCUT2D eigenvalue weighted by molar-refractivity contribution is 0.0971. The van der Waals surface area contributed by atoms with Crippen LogP contribution in [0.15, 0.2) is 74.3 Å². The number of para-hydroxylation sites is 1. The molecule has 0 radical (unpaired) electrons. The number of aromatic hydroxyl groups is 1. The largest absolute Gasteiger partial charge is 0.503 e. The maximum Gasteiger partial charge on any atom is 0.295 e. The molecule has 4 aromatic rings. The zero-order valence-corrected chi connectivity index (χ0v) is 19.5. The number of aryl methyl sites for hydroxylation is 1. The summed E-state index contributed by atoms with van der Waals surface area (Å²) < 4.78 is 11.7. The average Bonchev–Trinajstić information content (AvgIpc) is 3.13. The molecule has 0 fully saturated rings. The minimum atomic E-state index is -0.758. The summed E-state index contributed by atoms with van der Waals surface area (Å²) in [6.07, 6.45) is 0.866. The van der Waals surface area contributed by atoms with Gasteiger partial charge in [-0.05, 0) is 69.9 Å². The first-order valence-electron chi connectivity index (χ1n) is 10.5. The van der Waals surface area contributed by atoms with Gasteiger partial charge in [0, 0.05) is 5.69 Å². The third kappa shape index (κ3) is 3.31. The number of phenolic OH excluding ortho intramolecular Hbond substituents is 1. The van der Waals surface area contributed by atoms with E-state index in [0.29, 0.717) is 26.7 Å². The van der Waals surface area contributed by atoms with Gasteiger partial charge in [0.2, 0.25) is 5.76 Å². The van der Waals surface area contributed by atoms with Crippen LogP contribution in [0.2, 0.25) is 0 Å². The Balaban J connectivity index is 1.81. The van der Waals surface area contributed by atoms with E-state index >= 15 is 0 Å². The highest BCUT2D eigenvalue weighted by Gasteiger charge is 2.44. The number of methoxy groups -OCH3 is 1. The summed E-state index contributed by atoms with van der Waals surface area (Å²) in [6.45, 7) is 2.06. The summed E-state index contributed by atoms with van der Waals surface area (Å²) in [7, 11) is 1.45. The molecule has 2 heterocycles. The minimum absolute atomic E-state index is 0.0198. The second-order valence-electron chi connectivity index (χ2n) is 7.82. The van der Waals surface area contributed by atoms with E-state index in [2.05, 4.69) is 22.9 Å². The number of ether oxygens (including phenoxy) is 1. The molecule has 166 valence electrons. The highest BCUT2D eigenvalue weighted by atomic mass is 79.9. The maximum absolute atomic E-state index is 13.6. The molecule has 6 nitrogen and oxygen atoms in total. The van der Waals surface area contributed by atoms with Crippen LogP contribution in [0.4, 0.5) is 5.69 Å². The van der Waals surface area contributed by atoms with E-state index < -0.39 is 11.9 Å². The van der Waals surface area contributed by atoms with Crippen molar-refractivity contribution in [2.75, 3.05) is 12.0 Å². The van der Waals surface area contributed by atoms with Crippen LogP contribution < -0.4 is 15.1 Å². The normalized spacial score (nSPS) is 15.2. The Morgan fingerprint density at radius 3 is 2.52 bits per heavy atom. The van der Waals surface area contributed by atoms with Crippen LogP contribution in [0, 0.1) is 0 Å². The smallest absolute Gasteiger partial charge is 0.295 e. The summed E-state index contributed by atoms with van der Waals surface area (Å²) in [6, 6.07) is 17.1. The van der Waals surface area contributed by atoms with Crippen LogP contribution in [0.1, 0.15) is 40.2 Å². The molecule has 0 saturated heterocycles. The van der Waals surface area contributed by atoms with E-state index in [1.54, 1.807) is 41.3 Å². The highest BCUT2D eigenvalue weighted by Crippen LogP contribution is 2.45. The number of hydrogen-bond acceptors (Lipinski definition) is 5. The van der Waals surface area contributed by atoms with Crippen LogP contribution >= 0.6 is 15.9 Å². The van der Waals surface area contributed by atoms with Crippen molar-refractivity contribution in [2.24, 2.45) is 0 Å². The monoisotopic (exact) mass is 505 g/mol. The lowest BCUT2D eigenvalue weighted by Crippen LogP contribution is -2.29. The van der Waals surface area contributed by atoms with E-state index in [9.17, 15) is 14.7 Å².